The lowest BCUT2D eigenvalue weighted by Gasteiger charge is -2.41. The molecule has 3 atom stereocenters. The van der Waals surface area contributed by atoms with Crippen LogP contribution >= 0.6 is 0 Å². The van der Waals surface area contributed by atoms with E-state index in [4.69, 9.17) is 24.2 Å². The van der Waals surface area contributed by atoms with E-state index in [2.05, 4.69) is 16.0 Å². The number of hydrogen-bond donors (Lipinski definition) is 5. The fourth-order valence-electron chi connectivity index (χ4n) is 4.65. The molecule has 0 radical (unpaired) electrons. The van der Waals surface area contributed by atoms with Crippen molar-refractivity contribution in [3.63, 3.8) is 0 Å². The van der Waals surface area contributed by atoms with Crippen LogP contribution in [0.1, 0.15) is 50.7 Å². The predicted octanol–water partition coefficient (Wildman–Crippen LogP) is 2.90. The third-order valence-electron chi connectivity index (χ3n) is 6.20. The molecule has 0 aliphatic carbocycles. The van der Waals surface area contributed by atoms with Gasteiger partial charge in [-0.3, -0.25) is 14.4 Å². The van der Waals surface area contributed by atoms with Crippen molar-refractivity contribution in [2.75, 3.05) is 25.0 Å². The third-order valence-corrected chi connectivity index (χ3v) is 6.20. The molecule has 10 heteroatoms. The van der Waals surface area contributed by atoms with Crippen molar-refractivity contribution in [3.05, 3.63) is 39.7 Å². The lowest BCUT2D eigenvalue weighted by atomic mass is 9.80. The number of carbonyl (C=O) groups is 3. The van der Waals surface area contributed by atoms with Crippen LogP contribution < -0.4 is 21.6 Å². The van der Waals surface area contributed by atoms with Gasteiger partial charge in [-0.2, -0.15) is 0 Å². The van der Waals surface area contributed by atoms with Crippen molar-refractivity contribution >= 4 is 34.5 Å². The van der Waals surface area contributed by atoms with Crippen molar-refractivity contribution in [2.45, 2.75) is 59.4 Å². The highest BCUT2D eigenvalue weighted by molar-refractivity contribution is 5.95. The molecular formula is C26H37N3O7. The minimum atomic E-state index is -0.833. The molecule has 2 bridgehead atoms. The standard InChI is InChI=1S/C22H29N3O3.2C2H4O2/c1-13-7-22(27)28-20-6-14(2)19(9-17(13)20)25-21(26)5-3-4-18-16-8-15(11-24-18)10-23-12-16;2*1-2(3)4/h6-7,9,15-16,18,23-24H,3-5,8,10-12H2,1-2H3,(H,25,26);2*1H3,(H,3,4)/t15-,16+,18-;;/m0../s1. The summed E-state index contributed by atoms with van der Waals surface area (Å²) >= 11 is 0. The highest BCUT2D eigenvalue weighted by Crippen LogP contribution is 2.27. The summed E-state index contributed by atoms with van der Waals surface area (Å²) < 4.78 is 5.27. The first-order chi connectivity index (χ1) is 17.0. The number of carbonyl (C=O) groups excluding carboxylic acids is 1. The monoisotopic (exact) mass is 503 g/mol. The summed E-state index contributed by atoms with van der Waals surface area (Å²) in [6, 6.07) is 5.71. The zero-order valence-electron chi connectivity index (χ0n) is 21.3. The Kier molecular flexibility index (Phi) is 11.1. The molecule has 2 fully saturated rings. The highest BCUT2D eigenvalue weighted by Gasteiger charge is 2.32. The van der Waals surface area contributed by atoms with E-state index in [-0.39, 0.29) is 11.5 Å². The van der Waals surface area contributed by atoms with E-state index >= 15 is 0 Å². The first kappa shape index (κ1) is 29.0. The van der Waals surface area contributed by atoms with Gasteiger partial charge in [-0.1, -0.05) is 0 Å². The quantitative estimate of drug-likeness (QED) is 0.387. The van der Waals surface area contributed by atoms with Crippen molar-refractivity contribution < 1.29 is 29.0 Å². The predicted molar refractivity (Wildman–Crippen MR) is 137 cm³/mol. The fraction of sp³-hybridized carbons (Fsp3) is 0.538. The number of anilines is 1. The number of aryl methyl sites for hydroxylation is 2. The number of rotatable bonds is 5. The molecule has 0 unspecified atom stereocenters. The summed E-state index contributed by atoms with van der Waals surface area (Å²) in [6.45, 7) is 9.27. The number of piperidine rings is 2. The van der Waals surface area contributed by atoms with Gasteiger partial charge in [0.1, 0.15) is 5.58 Å². The van der Waals surface area contributed by atoms with Crippen LogP contribution in [-0.2, 0) is 14.4 Å². The van der Waals surface area contributed by atoms with Gasteiger partial charge in [0.15, 0.2) is 0 Å². The van der Waals surface area contributed by atoms with E-state index < -0.39 is 11.9 Å². The van der Waals surface area contributed by atoms with Gasteiger partial charge < -0.3 is 30.6 Å². The van der Waals surface area contributed by atoms with Gasteiger partial charge in [0.05, 0.1) is 0 Å². The number of aliphatic carboxylic acids is 2. The Balaban J connectivity index is 0.000000501. The summed E-state index contributed by atoms with van der Waals surface area (Å²) in [6.07, 6.45) is 3.74. The Morgan fingerprint density at radius 3 is 2.36 bits per heavy atom. The Labute approximate surface area is 210 Å². The Morgan fingerprint density at radius 1 is 1.03 bits per heavy atom. The molecule has 2 aliphatic heterocycles. The zero-order valence-corrected chi connectivity index (χ0v) is 21.3. The van der Waals surface area contributed by atoms with Gasteiger partial charge >= 0.3 is 5.63 Å². The van der Waals surface area contributed by atoms with Crippen LogP contribution in [0.15, 0.2) is 27.4 Å². The molecule has 2 saturated heterocycles. The topological polar surface area (TPSA) is 158 Å². The average molecular weight is 504 g/mol. The van der Waals surface area contributed by atoms with Gasteiger partial charge in [0.2, 0.25) is 5.91 Å². The zero-order chi connectivity index (χ0) is 26.8. The summed E-state index contributed by atoms with van der Waals surface area (Å²) in [4.78, 5) is 42.0. The van der Waals surface area contributed by atoms with Gasteiger partial charge in [-0.05, 0) is 87.8 Å². The van der Waals surface area contributed by atoms with Crippen LogP contribution in [0.2, 0.25) is 0 Å². The van der Waals surface area contributed by atoms with Crippen LogP contribution in [0, 0.1) is 25.7 Å². The van der Waals surface area contributed by atoms with Crippen molar-refractivity contribution in [3.8, 4) is 0 Å². The molecule has 198 valence electrons. The van der Waals surface area contributed by atoms with Crippen molar-refractivity contribution in [1.82, 2.24) is 10.6 Å². The molecule has 2 aliphatic rings. The van der Waals surface area contributed by atoms with Crippen LogP contribution in [0.3, 0.4) is 0 Å². The Hall–Kier alpha value is -3.24. The Bertz CT molecular complexity index is 1110. The number of nitrogens with one attached hydrogen (secondary N) is 3. The van der Waals surface area contributed by atoms with E-state index in [1.54, 1.807) is 0 Å². The summed E-state index contributed by atoms with van der Waals surface area (Å²) in [7, 11) is 0. The third kappa shape index (κ3) is 9.43. The summed E-state index contributed by atoms with van der Waals surface area (Å²) in [5.74, 6) is -0.175. The second kappa shape index (κ2) is 13.7. The van der Waals surface area contributed by atoms with E-state index in [9.17, 15) is 9.59 Å². The molecule has 10 nitrogen and oxygen atoms in total. The maximum absolute atomic E-state index is 12.5. The molecule has 1 aromatic heterocycles. The highest BCUT2D eigenvalue weighted by atomic mass is 16.4. The first-order valence-electron chi connectivity index (χ1n) is 12.1. The molecule has 1 aromatic carbocycles. The Morgan fingerprint density at radius 2 is 1.69 bits per heavy atom. The number of hydrogen-bond acceptors (Lipinski definition) is 7. The molecule has 0 saturated carbocycles. The maximum Gasteiger partial charge on any atom is 0.336 e. The fourth-order valence-corrected chi connectivity index (χ4v) is 4.65. The molecule has 3 heterocycles. The number of carboxylic acid groups (broad SMARTS) is 2. The maximum atomic E-state index is 12.5. The lowest BCUT2D eigenvalue weighted by molar-refractivity contribution is -0.135. The smallest absolute Gasteiger partial charge is 0.336 e. The first-order valence-corrected chi connectivity index (χ1v) is 12.1. The summed E-state index contributed by atoms with van der Waals surface area (Å²) in [5, 5.41) is 25.9. The lowest BCUT2D eigenvalue weighted by Crippen LogP contribution is -2.54. The number of amides is 1. The van der Waals surface area contributed by atoms with Crippen LogP contribution in [-0.4, -0.2) is 53.7 Å². The average Bonchev–Trinajstić information content (AvgIpc) is 2.76. The van der Waals surface area contributed by atoms with E-state index in [0.29, 0.717) is 24.0 Å². The van der Waals surface area contributed by atoms with Crippen LogP contribution in [0.25, 0.3) is 11.0 Å². The second-order valence-corrected chi connectivity index (χ2v) is 9.42. The second-order valence-electron chi connectivity index (χ2n) is 9.42. The van der Waals surface area contributed by atoms with E-state index in [1.165, 1.54) is 12.5 Å². The van der Waals surface area contributed by atoms with E-state index in [1.807, 2.05) is 26.0 Å². The minimum Gasteiger partial charge on any atom is -0.481 e. The molecule has 1 amide bonds. The molecule has 4 rings (SSSR count). The van der Waals surface area contributed by atoms with Crippen LogP contribution in [0.5, 0.6) is 0 Å². The molecule has 36 heavy (non-hydrogen) atoms. The van der Waals surface area contributed by atoms with Gasteiger partial charge in [0, 0.05) is 43.5 Å². The largest absolute Gasteiger partial charge is 0.481 e. The van der Waals surface area contributed by atoms with Gasteiger partial charge in [-0.15, -0.1) is 0 Å². The van der Waals surface area contributed by atoms with Crippen molar-refractivity contribution in [1.29, 1.82) is 0 Å². The number of carboxylic acids is 2. The number of benzene rings is 1. The minimum absolute atomic E-state index is 0.0351. The normalized spacial score (nSPS) is 20.3. The molecular weight excluding hydrogens is 466 g/mol. The number of fused-ring (bicyclic) bond motifs is 3. The molecule has 0 spiro atoms. The van der Waals surface area contributed by atoms with Gasteiger partial charge in [0.25, 0.3) is 11.9 Å². The van der Waals surface area contributed by atoms with Crippen molar-refractivity contribution in [2.24, 2.45) is 11.8 Å². The SMILES string of the molecule is CC(=O)O.CC(=O)O.Cc1cc2oc(=O)cc(C)c2cc1NC(=O)CCC[C@@H]1NC[C@@H]2CNC[C@H]1C2. The molecule has 2 aromatic rings. The van der Waals surface area contributed by atoms with Crippen LogP contribution in [0.4, 0.5) is 5.69 Å². The molecule has 5 N–H and O–H groups in total. The summed E-state index contributed by atoms with van der Waals surface area (Å²) in [5.41, 5.74) is 2.73. The van der Waals surface area contributed by atoms with Gasteiger partial charge in [-0.25, -0.2) is 4.79 Å². The van der Waals surface area contributed by atoms with E-state index in [0.717, 1.165) is 74.4 Å².